The monoisotopic (exact) mass is 329 g/mol. The largest absolute Gasteiger partial charge is 0.399 e. The first-order valence-corrected chi connectivity index (χ1v) is 7.77. The van der Waals surface area contributed by atoms with E-state index in [4.69, 9.17) is 5.73 Å². The predicted molar refractivity (Wildman–Crippen MR) is 98.1 cm³/mol. The number of fused-ring (bicyclic) bond motifs is 1. The Morgan fingerprint density at radius 2 is 1.88 bits per heavy atom. The Morgan fingerprint density at radius 3 is 2.64 bits per heavy atom. The van der Waals surface area contributed by atoms with Crippen LogP contribution in [0.3, 0.4) is 0 Å². The molecule has 2 aromatic heterocycles. The van der Waals surface area contributed by atoms with Crippen molar-refractivity contribution in [3.05, 3.63) is 72.6 Å². The molecule has 4 N–H and O–H groups in total. The van der Waals surface area contributed by atoms with Crippen molar-refractivity contribution in [3.8, 4) is 11.4 Å². The molecule has 0 aliphatic rings. The van der Waals surface area contributed by atoms with Crippen LogP contribution in [0.1, 0.15) is 10.5 Å². The molecule has 6 heteroatoms. The summed E-state index contributed by atoms with van der Waals surface area (Å²) in [5.41, 5.74) is 10.2. The third-order valence-corrected chi connectivity index (χ3v) is 3.82. The van der Waals surface area contributed by atoms with Crippen molar-refractivity contribution in [1.82, 2.24) is 15.0 Å². The number of benzene rings is 2. The minimum Gasteiger partial charge on any atom is -0.399 e. The van der Waals surface area contributed by atoms with E-state index in [-0.39, 0.29) is 5.91 Å². The number of aromatic nitrogens is 3. The van der Waals surface area contributed by atoms with Gasteiger partial charge in [0.1, 0.15) is 11.5 Å². The second kappa shape index (κ2) is 6.09. The third-order valence-electron chi connectivity index (χ3n) is 3.82. The fourth-order valence-corrected chi connectivity index (χ4v) is 2.57. The summed E-state index contributed by atoms with van der Waals surface area (Å²) in [6.07, 6.45) is 1.59. The Morgan fingerprint density at radius 1 is 1.04 bits per heavy atom. The van der Waals surface area contributed by atoms with Gasteiger partial charge in [-0.1, -0.05) is 6.07 Å². The van der Waals surface area contributed by atoms with Gasteiger partial charge in [0.05, 0.1) is 11.0 Å². The van der Waals surface area contributed by atoms with Crippen molar-refractivity contribution in [3.63, 3.8) is 0 Å². The number of imidazole rings is 1. The van der Waals surface area contributed by atoms with Crippen molar-refractivity contribution in [2.24, 2.45) is 0 Å². The average molecular weight is 329 g/mol. The molecule has 0 spiro atoms. The number of nitrogens with one attached hydrogen (secondary N) is 2. The molecule has 6 nitrogen and oxygen atoms in total. The van der Waals surface area contributed by atoms with E-state index in [2.05, 4.69) is 20.3 Å². The smallest absolute Gasteiger partial charge is 0.274 e. The molecule has 2 aromatic carbocycles. The summed E-state index contributed by atoms with van der Waals surface area (Å²) in [4.78, 5) is 24.0. The molecular weight excluding hydrogens is 314 g/mol. The SMILES string of the molecule is Nc1ccc2nc(-c3ccc(NC(=O)c4ccccn4)cc3)[nH]c2c1. The van der Waals surface area contributed by atoms with E-state index in [0.717, 1.165) is 22.4 Å². The van der Waals surface area contributed by atoms with Crippen LogP contribution in [0, 0.1) is 0 Å². The van der Waals surface area contributed by atoms with E-state index in [0.29, 0.717) is 17.1 Å². The fourth-order valence-electron chi connectivity index (χ4n) is 2.57. The fraction of sp³-hybridized carbons (Fsp3) is 0. The van der Waals surface area contributed by atoms with Crippen molar-refractivity contribution in [1.29, 1.82) is 0 Å². The number of nitrogens with zero attached hydrogens (tertiary/aromatic N) is 2. The molecule has 1 amide bonds. The summed E-state index contributed by atoms with van der Waals surface area (Å²) in [6, 6.07) is 18.2. The normalized spacial score (nSPS) is 10.7. The van der Waals surface area contributed by atoms with Crippen LogP contribution < -0.4 is 11.1 Å². The molecule has 0 atom stereocenters. The summed E-state index contributed by atoms with van der Waals surface area (Å²) < 4.78 is 0. The van der Waals surface area contributed by atoms with Gasteiger partial charge in [-0.25, -0.2) is 4.98 Å². The van der Waals surface area contributed by atoms with Gasteiger partial charge in [-0.2, -0.15) is 0 Å². The minimum atomic E-state index is -0.243. The van der Waals surface area contributed by atoms with Crippen LogP contribution >= 0.6 is 0 Å². The number of carbonyl (C=O) groups excluding carboxylic acids is 1. The topological polar surface area (TPSA) is 96.7 Å². The summed E-state index contributed by atoms with van der Waals surface area (Å²) in [6.45, 7) is 0. The predicted octanol–water partition coefficient (Wildman–Crippen LogP) is 3.46. The number of nitrogens with two attached hydrogens (primary N) is 1. The lowest BCUT2D eigenvalue weighted by molar-refractivity contribution is 0.102. The molecule has 25 heavy (non-hydrogen) atoms. The maximum absolute atomic E-state index is 12.1. The van der Waals surface area contributed by atoms with E-state index in [9.17, 15) is 4.79 Å². The summed E-state index contributed by atoms with van der Waals surface area (Å²) in [7, 11) is 0. The summed E-state index contributed by atoms with van der Waals surface area (Å²) in [5.74, 6) is 0.510. The first-order chi connectivity index (χ1) is 12.2. The van der Waals surface area contributed by atoms with Gasteiger partial charge >= 0.3 is 0 Å². The van der Waals surface area contributed by atoms with Gasteiger partial charge in [-0.05, 0) is 54.6 Å². The molecule has 4 rings (SSSR count). The van der Waals surface area contributed by atoms with Crippen molar-refractivity contribution in [2.75, 3.05) is 11.1 Å². The molecule has 0 bridgehead atoms. The zero-order valence-corrected chi connectivity index (χ0v) is 13.2. The second-order valence-electron chi connectivity index (χ2n) is 5.61. The van der Waals surface area contributed by atoms with Crippen molar-refractivity contribution >= 4 is 28.3 Å². The lowest BCUT2D eigenvalue weighted by Gasteiger charge is -2.05. The molecule has 0 aliphatic heterocycles. The Bertz CT molecular complexity index is 1040. The van der Waals surface area contributed by atoms with Crippen LogP contribution in [0.2, 0.25) is 0 Å². The lowest BCUT2D eigenvalue weighted by atomic mass is 10.2. The van der Waals surface area contributed by atoms with Gasteiger partial charge in [0.15, 0.2) is 0 Å². The van der Waals surface area contributed by atoms with Gasteiger partial charge in [-0.15, -0.1) is 0 Å². The number of rotatable bonds is 3. The Labute approximate surface area is 143 Å². The van der Waals surface area contributed by atoms with Crippen LogP contribution in [0.15, 0.2) is 66.9 Å². The quantitative estimate of drug-likeness (QED) is 0.501. The number of hydrogen-bond acceptors (Lipinski definition) is 4. The first-order valence-electron chi connectivity index (χ1n) is 7.77. The van der Waals surface area contributed by atoms with Gasteiger partial charge < -0.3 is 16.0 Å². The molecule has 0 unspecified atom stereocenters. The number of hydrogen-bond donors (Lipinski definition) is 3. The standard InChI is InChI=1S/C19H15N5O/c20-13-6-9-15-17(11-13)24-18(23-15)12-4-7-14(8-5-12)22-19(25)16-3-1-2-10-21-16/h1-11H,20H2,(H,22,25)(H,23,24). The number of pyridine rings is 1. The van der Waals surface area contributed by atoms with E-state index < -0.39 is 0 Å². The highest BCUT2D eigenvalue weighted by atomic mass is 16.1. The van der Waals surface area contributed by atoms with Crippen molar-refractivity contribution < 1.29 is 4.79 Å². The molecule has 0 radical (unpaired) electrons. The minimum absolute atomic E-state index is 0.243. The molecule has 4 aromatic rings. The molecular formula is C19H15N5O. The molecule has 2 heterocycles. The third kappa shape index (κ3) is 3.05. The highest BCUT2D eigenvalue weighted by Gasteiger charge is 2.08. The highest BCUT2D eigenvalue weighted by molar-refractivity contribution is 6.02. The summed E-state index contributed by atoms with van der Waals surface area (Å²) in [5, 5.41) is 2.82. The Hall–Kier alpha value is -3.67. The molecule has 0 fully saturated rings. The average Bonchev–Trinajstić information content (AvgIpc) is 3.06. The Kier molecular flexibility index (Phi) is 3.63. The molecule has 0 saturated carbocycles. The van der Waals surface area contributed by atoms with E-state index >= 15 is 0 Å². The zero-order chi connectivity index (χ0) is 17.2. The lowest BCUT2D eigenvalue weighted by Crippen LogP contribution is -2.13. The van der Waals surface area contributed by atoms with Crippen LogP contribution in [-0.2, 0) is 0 Å². The van der Waals surface area contributed by atoms with Crippen LogP contribution in [0.4, 0.5) is 11.4 Å². The first kappa shape index (κ1) is 14.9. The molecule has 0 saturated heterocycles. The number of carbonyl (C=O) groups is 1. The van der Waals surface area contributed by atoms with Crippen LogP contribution in [-0.4, -0.2) is 20.9 Å². The maximum atomic E-state index is 12.1. The summed E-state index contributed by atoms with van der Waals surface area (Å²) >= 11 is 0. The zero-order valence-electron chi connectivity index (χ0n) is 13.2. The Balaban J connectivity index is 1.56. The van der Waals surface area contributed by atoms with Crippen molar-refractivity contribution in [2.45, 2.75) is 0 Å². The van der Waals surface area contributed by atoms with Gasteiger partial charge in [-0.3, -0.25) is 9.78 Å². The van der Waals surface area contributed by atoms with Gasteiger partial charge in [0.25, 0.3) is 5.91 Å². The van der Waals surface area contributed by atoms with Crippen LogP contribution in [0.25, 0.3) is 22.4 Å². The molecule has 0 aliphatic carbocycles. The van der Waals surface area contributed by atoms with E-state index in [1.807, 2.05) is 42.5 Å². The number of anilines is 2. The van der Waals surface area contributed by atoms with E-state index in [1.54, 1.807) is 24.4 Å². The van der Waals surface area contributed by atoms with Crippen LogP contribution in [0.5, 0.6) is 0 Å². The number of H-pyrrole nitrogens is 1. The van der Waals surface area contributed by atoms with E-state index in [1.165, 1.54) is 0 Å². The number of aromatic amines is 1. The van der Waals surface area contributed by atoms with Gasteiger partial charge in [0.2, 0.25) is 0 Å². The molecule has 122 valence electrons. The number of nitrogen functional groups attached to an aromatic ring is 1. The van der Waals surface area contributed by atoms with Gasteiger partial charge in [0, 0.05) is 23.1 Å². The second-order valence-corrected chi connectivity index (χ2v) is 5.61. The highest BCUT2D eigenvalue weighted by Crippen LogP contribution is 2.23. The number of amides is 1. The maximum Gasteiger partial charge on any atom is 0.274 e.